The lowest BCUT2D eigenvalue weighted by Crippen LogP contribution is -2.29. The van der Waals surface area contributed by atoms with E-state index < -0.39 is 19.9 Å². The number of nitrogen functional groups attached to an aromatic ring is 1. The molecule has 10 heteroatoms. The molecule has 0 amide bonds. The molecule has 0 aliphatic heterocycles. The van der Waals surface area contributed by atoms with E-state index in [0.717, 1.165) is 6.26 Å². The van der Waals surface area contributed by atoms with Gasteiger partial charge >= 0.3 is 0 Å². The second-order valence-corrected chi connectivity index (χ2v) is 7.58. The largest absolute Gasteiger partial charge is 0.308 e. The third-order valence-electron chi connectivity index (χ3n) is 1.95. The molecule has 4 N–H and O–H groups in total. The second-order valence-electron chi connectivity index (χ2n) is 3.55. The van der Waals surface area contributed by atoms with E-state index in [1.165, 1.54) is 18.3 Å². The van der Waals surface area contributed by atoms with Gasteiger partial charge in [0.15, 0.2) is 0 Å². The highest BCUT2D eigenvalue weighted by Crippen LogP contribution is 2.11. The number of aromatic nitrogens is 1. The van der Waals surface area contributed by atoms with E-state index >= 15 is 0 Å². The smallest absolute Gasteiger partial charge is 0.240 e. The molecule has 0 atom stereocenters. The maximum absolute atomic E-state index is 11.8. The Balaban J connectivity index is 2.80. The SMILES string of the molecule is CS(=O)(=O)CCNS(=O)(=O)c1ccnc(NN)c1. The van der Waals surface area contributed by atoms with E-state index in [1.54, 1.807) is 0 Å². The number of nitrogens with one attached hydrogen (secondary N) is 2. The Morgan fingerprint density at radius 2 is 2.00 bits per heavy atom. The third-order valence-corrected chi connectivity index (χ3v) is 4.36. The fraction of sp³-hybridized carbons (Fsp3) is 0.375. The molecule has 0 radical (unpaired) electrons. The molecular weight excluding hydrogens is 280 g/mol. The number of hydrazine groups is 1. The van der Waals surface area contributed by atoms with Crippen LogP contribution < -0.4 is 16.0 Å². The Morgan fingerprint density at radius 1 is 1.33 bits per heavy atom. The van der Waals surface area contributed by atoms with Gasteiger partial charge in [0.2, 0.25) is 10.0 Å². The van der Waals surface area contributed by atoms with E-state index in [4.69, 9.17) is 5.84 Å². The number of sulfonamides is 1. The van der Waals surface area contributed by atoms with Crippen molar-refractivity contribution in [3.05, 3.63) is 18.3 Å². The van der Waals surface area contributed by atoms with Crippen LogP contribution in [-0.4, -0.2) is 40.4 Å². The summed E-state index contributed by atoms with van der Waals surface area (Å²) in [6, 6.07) is 2.52. The van der Waals surface area contributed by atoms with Crippen LogP contribution in [0, 0.1) is 0 Å². The van der Waals surface area contributed by atoms with E-state index in [1.807, 2.05) is 0 Å². The van der Waals surface area contributed by atoms with Crippen LogP contribution in [0.25, 0.3) is 0 Å². The van der Waals surface area contributed by atoms with Crippen molar-refractivity contribution in [3.63, 3.8) is 0 Å². The highest BCUT2D eigenvalue weighted by molar-refractivity contribution is 7.91. The summed E-state index contributed by atoms with van der Waals surface area (Å²) in [4.78, 5) is 3.72. The van der Waals surface area contributed by atoms with Crippen molar-refractivity contribution in [2.45, 2.75) is 4.90 Å². The predicted octanol–water partition coefficient (Wildman–Crippen LogP) is -1.31. The number of nitrogens with two attached hydrogens (primary N) is 1. The fourth-order valence-corrected chi connectivity index (χ4v) is 2.75. The minimum absolute atomic E-state index is 0.0426. The maximum Gasteiger partial charge on any atom is 0.240 e. The van der Waals surface area contributed by atoms with Crippen molar-refractivity contribution >= 4 is 25.7 Å². The number of pyridine rings is 1. The molecule has 0 bridgehead atoms. The molecule has 0 aromatic carbocycles. The first-order valence-electron chi connectivity index (χ1n) is 4.85. The summed E-state index contributed by atoms with van der Waals surface area (Å²) < 4.78 is 47.5. The number of rotatable bonds is 6. The molecule has 0 aliphatic carbocycles. The summed E-state index contributed by atoms with van der Waals surface area (Å²) in [6.07, 6.45) is 2.31. The lowest BCUT2D eigenvalue weighted by Gasteiger charge is -2.07. The predicted molar refractivity (Wildman–Crippen MR) is 66.9 cm³/mol. The molecule has 0 saturated carbocycles. The van der Waals surface area contributed by atoms with Crippen LogP contribution in [0.5, 0.6) is 0 Å². The van der Waals surface area contributed by atoms with Crippen LogP contribution in [0.4, 0.5) is 5.82 Å². The van der Waals surface area contributed by atoms with Crippen LogP contribution in [0.15, 0.2) is 23.2 Å². The normalized spacial score (nSPS) is 12.3. The molecule has 1 heterocycles. The van der Waals surface area contributed by atoms with Crippen LogP contribution in [0.1, 0.15) is 0 Å². The molecule has 0 saturated heterocycles. The summed E-state index contributed by atoms with van der Waals surface area (Å²) in [6.45, 7) is -0.186. The van der Waals surface area contributed by atoms with Crippen LogP contribution in [0.2, 0.25) is 0 Å². The van der Waals surface area contributed by atoms with Crippen LogP contribution >= 0.6 is 0 Å². The Kier molecular flexibility index (Phi) is 4.62. The van der Waals surface area contributed by atoms with E-state index in [-0.39, 0.29) is 23.0 Å². The summed E-state index contributed by atoms with van der Waals surface area (Å²) in [5.41, 5.74) is 2.22. The highest BCUT2D eigenvalue weighted by atomic mass is 32.2. The molecule has 8 nitrogen and oxygen atoms in total. The van der Waals surface area contributed by atoms with Crippen molar-refractivity contribution < 1.29 is 16.8 Å². The average molecular weight is 294 g/mol. The first-order valence-corrected chi connectivity index (χ1v) is 8.39. The zero-order valence-corrected chi connectivity index (χ0v) is 11.3. The number of nitrogens with zero attached hydrogens (tertiary/aromatic N) is 1. The number of anilines is 1. The summed E-state index contributed by atoms with van der Waals surface area (Å²) >= 11 is 0. The van der Waals surface area contributed by atoms with Crippen molar-refractivity contribution in [3.8, 4) is 0 Å². The lowest BCUT2D eigenvalue weighted by molar-refractivity contribution is 0.582. The van der Waals surface area contributed by atoms with Gasteiger partial charge in [-0.15, -0.1) is 0 Å². The summed E-state index contributed by atoms with van der Waals surface area (Å²) in [5.74, 6) is 5.04. The van der Waals surface area contributed by atoms with Crippen molar-refractivity contribution in [2.24, 2.45) is 5.84 Å². The van der Waals surface area contributed by atoms with Gasteiger partial charge < -0.3 is 5.43 Å². The van der Waals surface area contributed by atoms with Crippen LogP contribution in [-0.2, 0) is 19.9 Å². The van der Waals surface area contributed by atoms with Gasteiger partial charge in [-0.05, 0) is 6.07 Å². The first kappa shape index (κ1) is 14.8. The van der Waals surface area contributed by atoms with Gasteiger partial charge in [-0.2, -0.15) is 0 Å². The van der Waals surface area contributed by atoms with E-state index in [0.29, 0.717) is 0 Å². The number of hydrogen-bond acceptors (Lipinski definition) is 7. The number of sulfone groups is 1. The van der Waals surface area contributed by atoms with Crippen molar-refractivity contribution in [1.82, 2.24) is 9.71 Å². The highest BCUT2D eigenvalue weighted by Gasteiger charge is 2.15. The molecule has 0 unspecified atom stereocenters. The van der Waals surface area contributed by atoms with Gasteiger partial charge in [-0.25, -0.2) is 32.4 Å². The molecule has 18 heavy (non-hydrogen) atoms. The van der Waals surface area contributed by atoms with Gasteiger partial charge in [-0.3, -0.25) is 0 Å². The Labute approximate surface area is 106 Å². The first-order chi connectivity index (χ1) is 8.24. The van der Waals surface area contributed by atoms with Crippen molar-refractivity contribution in [1.29, 1.82) is 0 Å². The van der Waals surface area contributed by atoms with Gasteiger partial charge in [0.1, 0.15) is 15.7 Å². The van der Waals surface area contributed by atoms with Gasteiger partial charge in [-0.1, -0.05) is 0 Å². The van der Waals surface area contributed by atoms with Crippen LogP contribution in [0.3, 0.4) is 0 Å². The molecule has 1 aromatic heterocycles. The Hall–Kier alpha value is -1.23. The minimum atomic E-state index is -3.77. The fourth-order valence-electron chi connectivity index (χ4n) is 1.10. The maximum atomic E-state index is 11.8. The number of hydrogen-bond donors (Lipinski definition) is 3. The van der Waals surface area contributed by atoms with E-state index in [9.17, 15) is 16.8 Å². The van der Waals surface area contributed by atoms with Gasteiger partial charge in [0.25, 0.3) is 0 Å². The third kappa shape index (κ3) is 4.56. The lowest BCUT2D eigenvalue weighted by atomic mass is 10.5. The quantitative estimate of drug-likeness (QED) is 0.438. The Morgan fingerprint density at radius 3 is 2.56 bits per heavy atom. The van der Waals surface area contributed by atoms with Crippen molar-refractivity contribution in [2.75, 3.05) is 24.0 Å². The molecular formula is C8H14N4O4S2. The molecule has 102 valence electrons. The second kappa shape index (κ2) is 5.61. The van der Waals surface area contributed by atoms with Gasteiger partial charge in [0.05, 0.1) is 10.6 Å². The molecule has 1 rings (SSSR count). The monoisotopic (exact) mass is 294 g/mol. The zero-order valence-electron chi connectivity index (χ0n) is 9.62. The molecule has 1 aromatic rings. The van der Waals surface area contributed by atoms with Gasteiger partial charge in [0, 0.05) is 25.1 Å². The average Bonchev–Trinajstić information content (AvgIpc) is 2.27. The minimum Gasteiger partial charge on any atom is -0.308 e. The van der Waals surface area contributed by atoms with E-state index in [2.05, 4.69) is 15.1 Å². The standard InChI is InChI=1S/C8H14N4O4S2/c1-17(13,14)5-4-11-18(15,16)7-2-3-10-8(6-7)12-9/h2-3,6,11H,4-5,9H2,1H3,(H,10,12). The topological polar surface area (TPSA) is 131 Å². The Bertz CT molecular complexity index is 612. The molecule has 0 spiro atoms. The zero-order chi connectivity index (χ0) is 13.8. The summed E-state index contributed by atoms with van der Waals surface area (Å²) in [5, 5.41) is 0. The summed E-state index contributed by atoms with van der Waals surface area (Å²) in [7, 11) is -6.98. The molecule has 0 aliphatic rings. The molecule has 0 fully saturated rings.